The predicted molar refractivity (Wildman–Crippen MR) is 121 cm³/mol. The molecule has 0 radical (unpaired) electrons. The maximum Gasteiger partial charge on any atom is 0.339 e. The van der Waals surface area contributed by atoms with E-state index >= 15 is 0 Å². The quantitative estimate of drug-likeness (QED) is 0.325. The molecule has 0 saturated heterocycles. The number of allylic oxidation sites excluding steroid dienone is 3. The predicted octanol–water partition coefficient (Wildman–Crippen LogP) is 5.57. The number of carboxylic acid groups (broad SMARTS) is 1. The normalized spacial score (nSPS) is 18.7. The number of aromatic carboxylic acids is 1. The number of phenols is 1. The summed E-state index contributed by atoms with van der Waals surface area (Å²) in [6.45, 7) is 11.3. The third kappa shape index (κ3) is 5.66. The van der Waals surface area contributed by atoms with E-state index in [1.807, 2.05) is 13.0 Å². The second-order valence-corrected chi connectivity index (χ2v) is 8.45. The van der Waals surface area contributed by atoms with Gasteiger partial charge in [-0.05, 0) is 70.0 Å². The van der Waals surface area contributed by atoms with Crippen LogP contribution in [0.25, 0.3) is 0 Å². The average Bonchev–Trinajstić information content (AvgIpc) is 2.67. The van der Waals surface area contributed by atoms with Crippen molar-refractivity contribution in [2.45, 2.75) is 71.6 Å². The van der Waals surface area contributed by atoms with Gasteiger partial charge in [-0.25, -0.2) is 4.79 Å². The van der Waals surface area contributed by atoms with Crippen LogP contribution >= 0.6 is 0 Å². The largest absolute Gasteiger partial charge is 0.507 e. The lowest BCUT2D eigenvalue weighted by Crippen LogP contribution is -2.19. The van der Waals surface area contributed by atoms with E-state index in [0.717, 1.165) is 37.7 Å². The van der Waals surface area contributed by atoms with Crippen LogP contribution in [0.4, 0.5) is 0 Å². The first-order valence-electron chi connectivity index (χ1n) is 11.1. The standard InChI is InChI=1S/C25H37NO4/c1-5-6-7-9-18-15-21(30-13-8-12-26)23(24(27)22(18)25(28)29)20-14-17(4)10-11-19(20)16(2)3/h14-15,19-20,27H,2,5-13,26H2,1,3-4H3,(H,28,29). The monoisotopic (exact) mass is 415 g/mol. The molecule has 2 atom stereocenters. The zero-order chi connectivity index (χ0) is 22.3. The zero-order valence-electron chi connectivity index (χ0n) is 18.7. The Labute approximate surface area is 180 Å². The van der Waals surface area contributed by atoms with Gasteiger partial charge < -0.3 is 20.7 Å². The summed E-state index contributed by atoms with van der Waals surface area (Å²) >= 11 is 0. The number of carbonyl (C=O) groups is 1. The molecule has 0 saturated carbocycles. The summed E-state index contributed by atoms with van der Waals surface area (Å²) in [6, 6.07) is 1.83. The smallest absolute Gasteiger partial charge is 0.339 e. The summed E-state index contributed by atoms with van der Waals surface area (Å²) in [5.74, 6) is -0.728. The van der Waals surface area contributed by atoms with Gasteiger partial charge >= 0.3 is 5.97 Å². The van der Waals surface area contributed by atoms with Gasteiger partial charge in [-0.15, -0.1) is 0 Å². The fourth-order valence-electron chi connectivity index (χ4n) is 4.33. The lowest BCUT2D eigenvalue weighted by atomic mass is 9.73. The summed E-state index contributed by atoms with van der Waals surface area (Å²) in [4.78, 5) is 12.1. The minimum absolute atomic E-state index is 0.00405. The van der Waals surface area contributed by atoms with Crippen molar-refractivity contribution in [2.75, 3.05) is 13.2 Å². The van der Waals surface area contributed by atoms with Gasteiger partial charge in [0.15, 0.2) is 0 Å². The van der Waals surface area contributed by atoms with Crippen LogP contribution in [0.5, 0.6) is 11.5 Å². The van der Waals surface area contributed by atoms with Crippen molar-refractivity contribution in [1.29, 1.82) is 0 Å². The van der Waals surface area contributed by atoms with E-state index in [9.17, 15) is 15.0 Å². The molecule has 0 spiro atoms. The van der Waals surface area contributed by atoms with Gasteiger partial charge in [0.05, 0.1) is 6.61 Å². The molecular weight excluding hydrogens is 378 g/mol. The average molecular weight is 416 g/mol. The molecule has 5 heteroatoms. The second kappa shape index (κ2) is 11.2. The molecule has 0 aromatic heterocycles. The van der Waals surface area contributed by atoms with Gasteiger partial charge in [-0.1, -0.05) is 43.6 Å². The Morgan fingerprint density at radius 1 is 1.33 bits per heavy atom. The number of unbranched alkanes of at least 4 members (excludes halogenated alkanes) is 2. The first kappa shape index (κ1) is 24.0. The Hall–Kier alpha value is -2.27. The van der Waals surface area contributed by atoms with E-state index in [-0.39, 0.29) is 23.1 Å². The number of benzene rings is 1. The van der Waals surface area contributed by atoms with Gasteiger partial charge in [0.25, 0.3) is 0 Å². The number of hydrogen-bond donors (Lipinski definition) is 3. The zero-order valence-corrected chi connectivity index (χ0v) is 18.7. The lowest BCUT2D eigenvalue weighted by Gasteiger charge is -2.32. The highest BCUT2D eigenvalue weighted by Gasteiger charge is 2.33. The molecule has 0 amide bonds. The number of aryl methyl sites for hydroxylation is 1. The fourth-order valence-corrected chi connectivity index (χ4v) is 4.33. The number of carboxylic acids is 1. The molecule has 4 N–H and O–H groups in total. The molecule has 0 aliphatic heterocycles. The summed E-state index contributed by atoms with van der Waals surface area (Å²) in [6.07, 6.45) is 8.23. The molecule has 1 aromatic carbocycles. The van der Waals surface area contributed by atoms with Crippen LogP contribution in [0.2, 0.25) is 0 Å². The molecule has 1 aliphatic rings. The molecule has 2 unspecified atom stereocenters. The number of aromatic hydroxyl groups is 1. The summed E-state index contributed by atoms with van der Waals surface area (Å²) < 4.78 is 6.06. The van der Waals surface area contributed by atoms with Crippen LogP contribution in [-0.4, -0.2) is 29.3 Å². The number of hydrogen-bond acceptors (Lipinski definition) is 4. The van der Waals surface area contributed by atoms with Crippen molar-refractivity contribution < 1.29 is 19.7 Å². The van der Waals surface area contributed by atoms with E-state index in [2.05, 4.69) is 26.5 Å². The van der Waals surface area contributed by atoms with Crippen LogP contribution in [0.15, 0.2) is 29.9 Å². The minimum atomic E-state index is -1.10. The van der Waals surface area contributed by atoms with Crippen molar-refractivity contribution in [3.63, 3.8) is 0 Å². The van der Waals surface area contributed by atoms with E-state index in [4.69, 9.17) is 10.5 Å². The fraction of sp³-hybridized carbons (Fsp3) is 0.560. The lowest BCUT2D eigenvalue weighted by molar-refractivity contribution is 0.0692. The highest BCUT2D eigenvalue weighted by molar-refractivity contribution is 5.94. The minimum Gasteiger partial charge on any atom is -0.507 e. The van der Waals surface area contributed by atoms with Gasteiger partial charge in [0.1, 0.15) is 17.1 Å². The number of rotatable bonds is 11. The Bertz CT molecular complexity index is 797. The molecule has 0 bridgehead atoms. The van der Waals surface area contributed by atoms with Crippen LogP contribution < -0.4 is 10.5 Å². The van der Waals surface area contributed by atoms with Gasteiger partial charge in [0.2, 0.25) is 0 Å². The number of ether oxygens (including phenoxy) is 1. The van der Waals surface area contributed by atoms with Gasteiger partial charge in [-0.3, -0.25) is 0 Å². The molecule has 1 aliphatic carbocycles. The highest BCUT2D eigenvalue weighted by atomic mass is 16.5. The highest BCUT2D eigenvalue weighted by Crippen LogP contribution is 2.48. The molecule has 166 valence electrons. The Morgan fingerprint density at radius 2 is 2.07 bits per heavy atom. The third-order valence-electron chi connectivity index (χ3n) is 5.97. The van der Waals surface area contributed by atoms with Crippen molar-refractivity contribution >= 4 is 5.97 Å². The van der Waals surface area contributed by atoms with Crippen LogP contribution in [0.1, 0.15) is 86.7 Å². The Kier molecular flexibility index (Phi) is 8.97. The number of nitrogens with two attached hydrogens (primary N) is 1. The Balaban J connectivity index is 2.65. The molecule has 0 fully saturated rings. The van der Waals surface area contributed by atoms with Crippen molar-refractivity contribution in [3.8, 4) is 11.5 Å². The van der Waals surface area contributed by atoms with E-state index < -0.39 is 5.97 Å². The Morgan fingerprint density at radius 3 is 2.67 bits per heavy atom. The molecule has 1 aromatic rings. The van der Waals surface area contributed by atoms with Gasteiger partial charge in [0, 0.05) is 11.5 Å². The van der Waals surface area contributed by atoms with E-state index in [1.54, 1.807) is 0 Å². The van der Waals surface area contributed by atoms with Crippen LogP contribution in [0.3, 0.4) is 0 Å². The van der Waals surface area contributed by atoms with Crippen LogP contribution in [0, 0.1) is 5.92 Å². The van der Waals surface area contributed by atoms with E-state index in [0.29, 0.717) is 42.9 Å². The summed E-state index contributed by atoms with van der Waals surface area (Å²) in [7, 11) is 0. The summed E-state index contributed by atoms with van der Waals surface area (Å²) in [5, 5.41) is 21.1. The first-order valence-corrected chi connectivity index (χ1v) is 11.1. The topological polar surface area (TPSA) is 92.8 Å². The van der Waals surface area contributed by atoms with E-state index in [1.165, 1.54) is 5.57 Å². The van der Waals surface area contributed by atoms with Crippen molar-refractivity contribution in [3.05, 3.63) is 46.6 Å². The maximum absolute atomic E-state index is 12.1. The van der Waals surface area contributed by atoms with Crippen LogP contribution in [-0.2, 0) is 6.42 Å². The SMILES string of the molecule is C=C(C)C1CCC(C)=CC1c1c(OCCCN)cc(CCCCC)c(C(=O)O)c1O. The first-order chi connectivity index (χ1) is 14.3. The molecule has 30 heavy (non-hydrogen) atoms. The second-order valence-electron chi connectivity index (χ2n) is 8.45. The van der Waals surface area contributed by atoms with Gasteiger partial charge in [-0.2, -0.15) is 0 Å². The maximum atomic E-state index is 12.1. The molecule has 0 heterocycles. The van der Waals surface area contributed by atoms with Crippen molar-refractivity contribution in [2.24, 2.45) is 11.7 Å². The third-order valence-corrected chi connectivity index (χ3v) is 5.97. The van der Waals surface area contributed by atoms with Crippen molar-refractivity contribution in [1.82, 2.24) is 0 Å². The molecule has 5 nitrogen and oxygen atoms in total. The summed E-state index contributed by atoms with van der Waals surface area (Å²) in [5.41, 5.74) is 9.09. The molecular formula is C25H37NO4. The molecule has 2 rings (SSSR count).